The minimum atomic E-state index is -4.44. The van der Waals surface area contributed by atoms with Crippen molar-refractivity contribution in [3.8, 4) is 21.9 Å². The third-order valence-electron chi connectivity index (χ3n) is 4.41. The molecule has 1 atom stereocenters. The zero-order valence-electron chi connectivity index (χ0n) is 15.1. The van der Waals surface area contributed by atoms with Gasteiger partial charge in [0, 0.05) is 10.4 Å². The molecule has 0 spiro atoms. The van der Waals surface area contributed by atoms with Crippen LogP contribution in [-0.2, 0) is 11.0 Å². The van der Waals surface area contributed by atoms with Crippen LogP contribution in [0, 0.1) is 0 Å². The zero-order chi connectivity index (χ0) is 20.3. The smallest absolute Gasteiger partial charge is 0.416 e. The number of hydrogen-bond donors (Lipinski definition) is 0. The molecule has 3 rings (SSSR count). The number of methoxy groups -OCH3 is 2. The maximum absolute atomic E-state index is 12.9. The number of benzene rings is 2. The predicted molar refractivity (Wildman–Crippen MR) is 102 cm³/mol. The summed E-state index contributed by atoms with van der Waals surface area (Å²) in [6.45, 7) is 0. The number of thiophene rings is 1. The van der Waals surface area contributed by atoms with Gasteiger partial charge in [0.25, 0.3) is 0 Å². The Kier molecular flexibility index (Phi) is 5.74. The van der Waals surface area contributed by atoms with Crippen molar-refractivity contribution in [3.05, 3.63) is 70.6 Å². The third-order valence-corrected chi connectivity index (χ3v) is 5.31. The Balaban J connectivity index is 2.16. The number of carbonyl (C=O) groups is 1. The highest BCUT2D eigenvalue weighted by Gasteiger charge is 2.31. The van der Waals surface area contributed by atoms with E-state index >= 15 is 0 Å². The van der Waals surface area contributed by atoms with Gasteiger partial charge in [-0.3, -0.25) is 0 Å². The zero-order valence-corrected chi connectivity index (χ0v) is 15.9. The van der Waals surface area contributed by atoms with E-state index in [1.807, 2.05) is 23.6 Å². The fourth-order valence-electron chi connectivity index (χ4n) is 3.09. The van der Waals surface area contributed by atoms with Crippen molar-refractivity contribution in [2.75, 3.05) is 14.2 Å². The first-order valence-corrected chi connectivity index (χ1v) is 9.19. The molecule has 2 aromatic carbocycles. The standard InChI is InChI=1S/C21H17F3O3S/c1-26-17-10-9-15(18-4-3-11-28-18)20(27-2)19(17)16(12-25)13-5-7-14(8-6-13)21(22,23)24/h3-12,16H,1-2H3. The molecule has 0 bridgehead atoms. The van der Waals surface area contributed by atoms with Crippen molar-refractivity contribution in [1.29, 1.82) is 0 Å². The molecule has 0 aliphatic rings. The molecule has 0 amide bonds. The van der Waals surface area contributed by atoms with Gasteiger partial charge >= 0.3 is 6.18 Å². The molecule has 0 N–H and O–H groups in total. The van der Waals surface area contributed by atoms with Crippen LogP contribution in [0.15, 0.2) is 53.9 Å². The van der Waals surface area contributed by atoms with E-state index in [0.717, 1.165) is 22.6 Å². The average molecular weight is 406 g/mol. The van der Waals surface area contributed by atoms with Gasteiger partial charge in [0.2, 0.25) is 0 Å². The fourth-order valence-corrected chi connectivity index (χ4v) is 3.84. The van der Waals surface area contributed by atoms with Crippen molar-refractivity contribution in [2.45, 2.75) is 12.1 Å². The van der Waals surface area contributed by atoms with Crippen LogP contribution in [0.1, 0.15) is 22.6 Å². The van der Waals surface area contributed by atoms with Crippen molar-refractivity contribution >= 4 is 17.6 Å². The minimum Gasteiger partial charge on any atom is -0.496 e. The molecule has 0 aliphatic heterocycles. The Morgan fingerprint density at radius 2 is 1.71 bits per heavy atom. The summed E-state index contributed by atoms with van der Waals surface area (Å²) in [7, 11) is 2.96. The molecule has 28 heavy (non-hydrogen) atoms. The van der Waals surface area contributed by atoms with Gasteiger partial charge in [0.15, 0.2) is 0 Å². The molecule has 7 heteroatoms. The van der Waals surface area contributed by atoms with Crippen LogP contribution in [0.3, 0.4) is 0 Å². The monoisotopic (exact) mass is 406 g/mol. The second-order valence-corrected chi connectivity index (χ2v) is 6.92. The van der Waals surface area contributed by atoms with Gasteiger partial charge in [-0.1, -0.05) is 18.2 Å². The molecule has 0 radical (unpaired) electrons. The van der Waals surface area contributed by atoms with E-state index in [2.05, 4.69) is 0 Å². The van der Waals surface area contributed by atoms with Crippen molar-refractivity contribution in [2.24, 2.45) is 0 Å². The van der Waals surface area contributed by atoms with Gasteiger partial charge in [-0.15, -0.1) is 11.3 Å². The lowest BCUT2D eigenvalue weighted by Gasteiger charge is -2.21. The van der Waals surface area contributed by atoms with Crippen LogP contribution in [0.5, 0.6) is 11.5 Å². The van der Waals surface area contributed by atoms with Gasteiger partial charge < -0.3 is 14.3 Å². The highest BCUT2D eigenvalue weighted by Crippen LogP contribution is 2.45. The molecule has 146 valence electrons. The summed E-state index contributed by atoms with van der Waals surface area (Å²) >= 11 is 1.51. The second kappa shape index (κ2) is 8.06. The van der Waals surface area contributed by atoms with Crippen LogP contribution in [0.2, 0.25) is 0 Å². The Bertz CT molecular complexity index is 948. The highest BCUT2D eigenvalue weighted by atomic mass is 32.1. The number of carbonyl (C=O) groups excluding carboxylic acids is 1. The third kappa shape index (κ3) is 3.75. The largest absolute Gasteiger partial charge is 0.496 e. The molecule has 0 saturated carbocycles. The molecule has 1 aromatic heterocycles. The van der Waals surface area contributed by atoms with E-state index in [1.165, 1.54) is 37.7 Å². The number of rotatable bonds is 6. The van der Waals surface area contributed by atoms with E-state index < -0.39 is 17.7 Å². The summed E-state index contributed by atoms with van der Waals surface area (Å²) < 4.78 is 49.6. The van der Waals surface area contributed by atoms with Crippen molar-refractivity contribution in [1.82, 2.24) is 0 Å². The molecule has 0 aliphatic carbocycles. The van der Waals surface area contributed by atoms with Gasteiger partial charge in [-0.25, -0.2) is 0 Å². The lowest BCUT2D eigenvalue weighted by Crippen LogP contribution is -2.09. The molecule has 3 aromatic rings. The number of alkyl halides is 3. The summed E-state index contributed by atoms with van der Waals surface area (Å²) in [5.41, 5.74) is 0.910. The van der Waals surface area contributed by atoms with Crippen LogP contribution in [0.4, 0.5) is 13.2 Å². The minimum absolute atomic E-state index is 0.419. The van der Waals surface area contributed by atoms with Gasteiger partial charge in [-0.2, -0.15) is 13.2 Å². The Morgan fingerprint density at radius 3 is 2.21 bits per heavy atom. The summed E-state index contributed by atoms with van der Waals surface area (Å²) in [5, 5.41) is 1.92. The maximum Gasteiger partial charge on any atom is 0.416 e. The first-order valence-electron chi connectivity index (χ1n) is 8.32. The van der Waals surface area contributed by atoms with Gasteiger partial charge in [0.05, 0.1) is 31.3 Å². The van der Waals surface area contributed by atoms with E-state index in [-0.39, 0.29) is 0 Å². The fraction of sp³-hybridized carbons (Fsp3) is 0.190. The van der Waals surface area contributed by atoms with Gasteiger partial charge in [-0.05, 0) is 41.3 Å². The summed E-state index contributed by atoms with van der Waals surface area (Å²) in [6, 6.07) is 11.9. The number of hydrogen-bond acceptors (Lipinski definition) is 4. The molecule has 1 heterocycles. The Morgan fingerprint density at radius 1 is 1.00 bits per heavy atom. The quantitative estimate of drug-likeness (QED) is 0.487. The topological polar surface area (TPSA) is 35.5 Å². The number of halogens is 3. The molecule has 1 unspecified atom stereocenters. The van der Waals surface area contributed by atoms with Crippen LogP contribution in [-0.4, -0.2) is 20.5 Å². The molecule has 0 saturated heterocycles. The van der Waals surface area contributed by atoms with Crippen molar-refractivity contribution < 1.29 is 27.4 Å². The highest BCUT2D eigenvalue weighted by molar-refractivity contribution is 7.13. The van der Waals surface area contributed by atoms with E-state index in [9.17, 15) is 18.0 Å². The SMILES string of the molecule is COc1ccc(-c2cccs2)c(OC)c1C(C=O)c1ccc(C(F)(F)F)cc1. The predicted octanol–water partition coefficient (Wildman–Crippen LogP) is 5.78. The van der Waals surface area contributed by atoms with Crippen LogP contribution >= 0.6 is 11.3 Å². The lowest BCUT2D eigenvalue weighted by molar-refractivity contribution is -0.137. The first kappa shape index (κ1) is 19.9. The number of aldehydes is 1. The first-order chi connectivity index (χ1) is 13.4. The normalized spacial score (nSPS) is 12.5. The Labute approximate surface area is 164 Å². The van der Waals surface area contributed by atoms with E-state index in [0.29, 0.717) is 28.9 Å². The molecule has 3 nitrogen and oxygen atoms in total. The molecular formula is C21H17F3O3S. The van der Waals surface area contributed by atoms with Gasteiger partial charge in [0.1, 0.15) is 17.8 Å². The maximum atomic E-state index is 12.9. The van der Waals surface area contributed by atoms with Crippen molar-refractivity contribution in [3.63, 3.8) is 0 Å². The lowest BCUT2D eigenvalue weighted by atomic mass is 9.89. The van der Waals surface area contributed by atoms with E-state index in [1.54, 1.807) is 6.07 Å². The molecule has 0 fully saturated rings. The average Bonchev–Trinajstić information content (AvgIpc) is 3.22. The number of ether oxygens (including phenoxy) is 2. The molecular weight excluding hydrogens is 389 g/mol. The van der Waals surface area contributed by atoms with Crippen LogP contribution in [0.25, 0.3) is 10.4 Å². The summed E-state index contributed by atoms with van der Waals surface area (Å²) in [5.74, 6) is 0.0417. The van der Waals surface area contributed by atoms with E-state index in [4.69, 9.17) is 9.47 Å². The Hall–Kier alpha value is -2.80. The summed E-state index contributed by atoms with van der Waals surface area (Å²) in [6.07, 6.45) is -3.76. The summed E-state index contributed by atoms with van der Waals surface area (Å²) in [4.78, 5) is 12.9. The van der Waals surface area contributed by atoms with Crippen LogP contribution < -0.4 is 9.47 Å². The second-order valence-electron chi connectivity index (χ2n) is 5.97.